The van der Waals surface area contributed by atoms with Gasteiger partial charge in [-0.05, 0) is 25.2 Å². The number of urea groups is 1. The number of nitrogens with one attached hydrogen (secondary N) is 1. The number of hydrogen-bond donors (Lipinski definition) is 1. The first-order chi connectivity index (χ1) is 14.7. The molecular weight excluding hydrogens is 415 g/mol. The van der Waals surface area contributed by atoms with Gasteiger partial charge in [0.1, 0.15) is 12.4 Å². The molecule has 3 amide bonds. The van der Waals surface area contributed by atoms with Crippen molar-refractivity contribution in [3.05, 3.63) is 23.8 Å². The van der Waals surface area contributed by atoms with Crippen molar-refractivity contribution in [2.75, 3.05) is 32.8 Å². The van der Waals surface area contributed by atoms with Crippen LogP contribution in [0.1, 0.15) is 30.7 Å². The summed E-state index contributed by atoms with van der Waals surface area (Å²) in [4.78, 5) is 35.7. The Balaban J connectivity index is 1.08. The van der Waals surface area contributed by atoms with E-state index < -0.39 is 11.7 Å². The zero-order valence-corrected chi connectivity index (χ0v) is 16.9. The summed E-state index contributed by atoms with van der Waals surface area (Å²) in [5.41, 5.74) is -0.718. The molecule has 1 aromatic rings. The van der Waals surface area contributed by atoms with Gasteiger partial charge in [0, 0.05) is 50.4 Å². The van der Waals surface area contributed by atoms with Gasteiger partial charge in [0.25, 0.3) is 0 Å². The fourth-order valence-electron chi connectivity index (χ4n) is 5.40. The average molecular weight is 439 g/mol. The number of aromatic nitrogens is 2. The van der Waals surface area contributed by atoms with Gasteiger partial charge >= 0.3 is 12.2 Å². The van der Waals surface area contributed by atoms with Gasteiger partial charge in [-0.1, -0.05) is 0 Å². The number of likely N-dealkylation sites (tertiary alicyclic amines) is 2. The van der Waals surface area contributed by atoms with Crippen LogP contribution in [0.5, 0.6) is 0 Å². The van der Waals surface area contributed by atoms with E-state index in [0.717, 1.165) is 25.2 Å². The molecule has 168 valence electrons. The third-order valence-electron chi connectivity index (χ3n) is 6.87. The number of alkyl halides is 3. The second-order valence-electron chi connectivity index (χ2n) is 9.26. The number of morpholine rings is 1. The Bertz CT molecular complexity index is 864. The molecule has 0 aromatic carbocycles. The number of carbonyl (C=O) groups is 2. The normalized spacial score (nSPS) is 27.9. The van der Waals surface area contributed by atoms with Crippen molar-refractivity contribution in [2.45, 2.75) is 44.0 Å². The lowest BCUT2D eigenvalue weighted by Gasteiger charge is -2.60. The van der Waals surface area contributed by atoms with Crippen molar-refractivity contribution < 1.29 is 27.5 Å². The van der Waals surface area contributed by atoms with E-state index in [0.29, 0.717) is 50.8 Å². The number of nitrogens with zero attached hydrogens (tertiary/aromatic N) is 4. The van der Waals surface area contributed by atoms with E-state index in [9.17, 15) is 22.8 Å². The summed E-state index contributed by atoms with van der Waals surface area (Å²) in [6.45, 7) is 2.57. The summed E-state index contributed by atoms with van der Waals surface area (Å²) in [5.74, 6) is 0.620. The molecule has 2 atom stereocenters. The lowest BCUT2D eigenvalue weighted by atomic mass is 9.57. The molecule has 31 heavy (non-hydrogen) atoms. The number of piperidine rings is 1. The fraction of sp³-hybridized carbons (Fsp3) is 0.700. The van der Waals surface area contributed by atoms with Gasteiger partial charge in [-0.2, -0.15) is 13.2 Å². The summed E-state index contributed by atoms with van der Waals surface area (Å²) in [5, 5.41) is 2.91. The smallest absolute Gasteiger partial charge is 0.366 e. The van der Waals surface area contributed by atoms with Crippen LogP contribution in [0.15, 0.2) is 12.4 Å². The van der Waals surface area contributed by atoms with Crippen LogP contribution >= 0.6 is 0 Å². The molecule has 1 spiro atoms. The van der Waals surface area contributed by atoms with Crippen molar-refractivity contribution in [3.63, 3.8) is 0 Å². The Labute approximate surface area is 177 Å². The fourth-order valence-corrected chi connectivity index (χ4v) is 5.40. The Morgan fingerprint density at radius 3 is 2.61 bits per heavy atom. The summed E-state index contributed by atoms with van der Waals surface area (Å²) in [7, 11) is 0. The standard InChI is InChI=1S/C20H24F3N5O3/c21-20(22,23)13-6-24-16(25-7-13)3-12-4-19(5-12)10-28(11-19)18(30)27-2-1-15-14(8-27)26-17(29)9-31-15/h6-7,12,14-15H,1-5,8-11H2,(H,26,29). The van der Waals surface area contributed by atoms with Gasteiger partial charge in [-0.3, -0.25) is 4.79 Å². The number of ether oxygens (including phenoxy) is 1. The quantitative estimate of drug-likeness (QED) is 0.754. The van der Waals surface area contributed by atoms with E-state index >= 15 is 0 Å². The van der Waals surface area contributed by atoms with E-state index in [2.05, 4.69) is 15.3 Å². The van der Waals surface area contributed by atoms with Crippen molar-refractivity contribution in [3.8, 4) is 0 Å². The van der Waals surface area contributed by atoms with Gasteiger partial charge in [0.15, 0.2) is 0 Å². The zero-order chi connectivity index (χ0) is 21.8. The monoisotopic (exact) mass is 439 g/mol. The number of carbonyl (C=O) groups excluding carboxylic acids is 2. The average Bonchev–Trinajstić information content (AvgIpc) is 2.67. The van der Waals surface area contributed by atoms with Crippen LogP contribution in [0.2, 0.25) is 0 Å². The highest BCUT2D eigenvalue weighted by molar-refractivity contribution is 5.79. The molecule has 3 aliphatic heterocycles. The predicted molar refractivity (Wildman–Crippen MR) is 101 cm³/mol. The highest BCUT2D eigenvalue weighted by Crippen LogP contribution is 2.53. The zero-order valence-electron chi connectivity index (χ0n) is 16.9. The summed E-state index contributed by atoms with van der Waals surface area (Å²) < 4.78 is 43.4. The second-order valence-corrected chi connectivity index (χ2v) is 9.26. The van der Waals surface area contributed by atoms with E-state index in [1.165, 1.54) is 0 Å². The molecule has 3 saturated heterocycles. The lowest BCUT2D eigenvalue weighted by molar-refractivity contribution is -0.140. The van der Waals surface area contributed by atoms with Crippen LogP contribution in [0.3, 0.4) is 0 Å². The molecule has 5 rings (SSSR count). The molecule has 8 nitrogen and oxygen atoms in total. The van der Waals surface area contributed by atoms with Gasteiger partial charge in [-0.25, -0.2) is 14.8 Å². The topological polar surface area (TPSA) is 87.7 Å². The third kappa shape index (κ3) is 3.95. The number of halogens is 3. The molecule has 1 aliphatic carbocycles. The van der Waals surface area contributed by atoms with Crippen LogP contribution < -0.4 is 5.32 Å². The van der Waals surface area contributed by atoms with E-state index in [4.69, 9.17) is 4.74 Å². The molecule has 0 bridgehead atoms. The number of fused-ring (bicyclic) bond motifs is 1. The van der Waals surface area contributed by atoms with E-state index in [1.807, 2.05) is 4.90 Å². The van der Waals surface area contributed by atoms with Crippen LogP contribution in [0.25, 0.3) is 0 Å². The molecule has 4 aliphatic rings. The van der Waals surface area contributed by atoms with Crippen LogP contribution in [-0.4, -0.2) is 76.6 Å². The van der Waals surface area contributed by atoms with E-state index in [-0.39, 0.29) is 36.1 Å². The lowest BCUT2D eigenvalue weighted by Crippen LogP contribution is -2.68. The minimum atomic E-state index is -4.42. The Kier molecular flexibility index (Phi) is 4.83. The number of amides is 3. The molecule has 11 heteroatoms. The number of rotatable bonds is 2. The maximum absolute atomic E-state index is 12.8. The highest BCUT2D eigenvalue weighted by atomic mass is 19.4. The first kappa shape index (κ1) is 20.5. The largest absolute Gasteiger partial charge is 0.419 e. The van der Waals surface area contributed by atoms with E-state index in [1.54, 1.807) is 4.90 Å². The summed E-state index contributed by atoms with van der Waals surface area (Å²) >= 11 is 0. The molecule has 1 N–H and O–H groups in total. The summed E-state index contributed by atoms with van der Waals surface area (Å²) in [6.07, 6.45) is 0.349. The SMILES string of the molecule is O=C1COC2CCN(C(=O)N3CC4(CC(Cc5ncc(C(F)(F)F)cn5)C4)C3)CC2N1. The van der Waals surface area contributed by atoms with Crippen LogP contribution in [0, 0.1) is 11.3 Å². The minimum absolute atomic E-state index is 0.00146. The third-order valence-corrected chi connectivity index (χ3v) is 6.87. The van der Waals surface area contributed by atoms with Gasteiger partial charge in [-0.15, -0.1) is 0 Å². The second kappa shape index (κ2) is 7.32. The Morgan fingerprint density at radius 2 is 1.94 bits per heavy atom. The molecule has 1 saturated carbocycles. The maximum Gasteiger partial charge on any atom is 0.419 e. The number of hydrogen-bond acceptors (Lipinski definition) is 5. The Morgan fingerprint density at radius 1 is 1.23 bits per heavy atom. The van der Waals surface area contributed by atoms with Crippen molar-refractivity contribution in [2.24, 2.45) is 11.3 Å². The predicted octanol–water partition coefficient (Wildman–Crippen LogP) is 1.46. The van der Waals surface area contributed by atoms with Gasteiger partial charge < -0.3 is 19.9 Å². The van der Waals surface area contributed by atoms with Crippen molar-refractivity contribution >= 4 is 11.9 Å². The maximum atomic E-state index is 12.8. The van der Waals surface area contributed by atoms with Crippen molar-refractivity contribution in [1.29, 1.82) is 0 Å². The summed E-state index contributed by atoms with van der Waals surface area (Å²) in [6, 6.07) is -0.149. The molecule has 4 fully saturated rings. The molecule has 2 unspecified atom stereocenters. The highest BCUT2D eigenvalue weighted by Gasteiger charge is 2.54. The van der Waals surface area contributed by atoms with Gasteiger partial charge in [0.05, 0.1) is 17.7 Å². The van der Waals surface area contributed by atoms with Crippen LogP contribution in [-0.2, 0) is 22.1 Å². The van der Waals surface area contributed by atoms with Crippen molar-refractivity contribution in [1.82, 2.24) is 25.1 Å². The molecule has 4 heterocycles. The Hall–Kier alpha value is -2.43. The first-order valence-electron chi connectivity index (χ1n) is 10.5. The first-order valence-corrected chi connectivity index (χ1v) is 10.5. The molecular formula is C20H24F3N5O3. The molecule has 0 radical (unpaired) electrons. The van der Waals surface area contributed by atoms with Gasteiger partial charge in [0.2, 0.25) is 5.91 Å². The van der Waals surface area contributed by atoms with Crippen LogP contribution in [0.4, 0.5) is 18.0 Å². The minimum Gasteiger partial charge on any atom is -0.366 e. The molecule has 1 aromatic heterocycles.